The standard InChI is InChI=1S/C26H31N5O4.3C2HF3O2/c1-17-14-19(21-4-2-3-5-23(21)28-17)16-35-20-8-6-18(7-9-20)25(32)29-24-10-12-31(13-11-27)15-22(24)26(33)30-34;3*3-2(4,5)1(6)7/h2-9,14,22,24,34H,10-13,15-16,27H2,1H3,(H,29,32)(H,30,33);3*(H,6,7)/t22-,24+;;;/m0.../s1. The molecule has 2 heterocycles. The second-order valence-corrected chi connectivity index (χ2v) is 11.2. The highest BCUT2D eigenvalue weighted by Crippen LogP contribution is 2.22. The Kier molecular flexibility index (Phi) is 18.4. The molecule has 2 amide bonds. The molecule has 0 unspecified atom stereocenters. The number of benzene rings is 2. The first-order valence-electron chi connectivity index (χ1n) is 15.5. The van der Waals surface area contributed by atoms with E-state index in [-0.39, 0.29) is 11.9 Å². The average Bonchev–Trinajstić information content (AvgIpc) is 3.10. The van der Waals surface area contributed by atoms with Crippen LogP contribution in [-0.2, 0) is 25.8 Å². The molecule has 0 saturated carbocycles. The lowest BCUT2D eigenvalue weighted by Crippen LogP contribution is -2.56. The summed E-state index contributed by atoms with van der Waals surface area (Å²) in [5.74, 6) is -8.98. The van der Waals surface area contributed by atoms with Crippen molar-refractivity contribution in [3.63, 3.8) is 0 Å². The topological polar surface area (TPSA) is 242 Å². The monoisotopic (exact) mass is 819 g/mol. The van der Waals surface area contributed by atoms with Crippen LogP contribution in [0.15, 0.2) is 54.6 Å². The maximum atomic E-state index is 12.9. The van der Waals surface area contributed by atoms with Gasteiger partial charge in [-0.05, 0) is 49.7 Å². The molecular formula is C32H34F9N5O10. The molecule has 0 radical (unpaired) electrons. The Balaban J connectivity index is 0.000000610. The van der Waals surface area contributed by atoms with Gasteiger partial charge in [0, 0.05) is 54.4 Å². The van der Waals surface area contributed by atoms with E-state index in [1.54, 1.807) is 29.7 Å². The molecule has 0 bridgehead atoms. The molecule has 1 aliphatic rings. The number of aliphatic carboxylic acids is 3. The molecule has 310 valence electrons. The van der Waals surface area contributed by atoms with E-state index in [0.717, 1.165) is 22.2 Å². The summed E-state index contributed by atoms with van der Waals surface area (Å²) in [5, 5.41) is 34.5. The minimum absolute atomic E-state index is 0.277. The Hall–Kier alpha value is -5.75. The van der Waals surface area contributed by atoms with E-state index in [9.17, 15) is 49.1 Å². The number of halogens is 9. The molecule has 1 saturated heterocycles. The van der Waals surface area contributed by atoms with Gasteiger partial charge in [0.2, 0.25) is 5.91 Å². The van der Waals surface area contributed by atoms with Gasteiger partial charge in [0.15, 0.2) is 0 Å². The minimum Gasteiger partial charge on any atom is -0.489 e. The summed E-state index contributed by atoms with van der Waals surface area (Å²) in [4.78, 5) is 58.4. The van der Waals surface area contributed by atoms with Gasteiger partial charge in [0.05, 0.1) is 11.4 Å². The Morgan fingerprint density at radius 1 is 0.857 bits per heavy atom. The number of carbonyl (C=O) groups is 5. The number of nitrogens with one attached hydrogen (secondary N) is 2. The van der Waals surface area contributed by atoms with E-state index >= 15 is 0 Å². The first-order valence-corrected chi connectivity index (χ1v) is 15.5. The summed E-state index contributed by atoms with van der Waals surface area (Å²) in [7, 11) is 0. The molecule has 4 rings (SSSR count). The highest BCUT2D eigenvalue weighted by Gasteiger charge is 2.39. The van der Waals surface area contributed by atoms with Crippen molar-refractivity contribution in [2.45, 2.75) is 44.5 Å². The van der Waals surface area contributed by atoms with E-state index in [4.69, 9.17) is 45.4 Å². The number of ether oxygens (including phenoxy) is 1. The molecular weight excluding hydrogens is 785 g/mol. The first kappa shape index (κ1) is 48.3. The van der Waals surface area contributed by atoms with Crippen LogP contribution in [0.2, 0.25) is 0 Å². The van der Waals surface area contributed by atoms with Crippen LogP contribution in [0, 0.1) is 12.8 Å². The van der Waals surface area contributed by atoms with Gasteiger partial charge in [-0.1, -0.05) is 18.2 Å². The molecule has 15 nitrogen and oxygen atoms in total. The van der Waals surface area contributed by atoms with Crippen LogP contribution < -0.4 is 21.3 Å². The Morgan fingerprint density at radius 2 is 1.36 bits per heavy atom. The SMILES string of the molecule is Cc1cc(COc2ccc(C(=O)N[C@@H]3CCN(CCN)C[C@@H]3C(=O)NO)cc2)c2ccccc2n1.O=C(O)C(F)(F)F.O=C(O)C(F)(F)F.O=C(O)C(F)(F)F. The number of pyridine rings is 1. The van der Waals surface area contributed by atoms with Crippen molar-refractivity contribution in [2.75, 3.05) is 26.2 Å². The van der Waals surface area contributed by atoms with Gasteiger partial charge in [-0.3, -0.25) is 19.8 Å². The van der Waals surface area contributed by atoms with Crippen molar-refractivity contribution in [3.05, 3.63) is 71.4 Å². The van der Waals surface area contributed by atoms with Crippen LogP contribution in [0.1, 0.15) is 28.0 Å². The zero-order chi connectivity index (χ0) is 43.0. The zero-order valence-electron chi connectivity index (χ0n) is 28.7. The van der Waals surface area contributed by atoms with Gasteiger partial charge in [0.1, 0.15) is 12.4 Å². The molecule has 8 N–H and O–H groups in total. The number of aryl methyl sites for hydroxylation is 1. The number of likely N-dealkylation sites (tertiary alicyclic amines) is 1. The number of para-hydroxylation sites is 1. The van der Waals surface area contributed by atoms with Gasteiger partial charge in [-0.2, -0.15) is 39.5 Å². The summed E-state index contributed by atoms with van der Waals surface area (Å²) < 4.78 is 101. The van der Waals surface area contributed by atoms with Gasteiger partial charge >= 0.3 is 36.4 Å². The van der Waals surface area contributed by atoms with Crippen LogP contribution in [-0.4, -0.2) is 111 Å². The van der Waals surface area contributed by atoms with Crippen molar-refractivity contribution < 1.29 is 88.8 Å². The van der Waals surface area contributed by atoms with Crippen molar-refractivity contribution in [1.82, 2.24) is 20.7 Å². The quantitative estimate of drug-likeness (QED) is 0.0971. The number of amides is 2. The number of carboxylic acid groups (broad SMARTS) is 3. The average molecular weight is 820 g/mol. The number of hydrogen-bond acceptors (Lipinski definition) is 10. The number of piperidine rings is 1. The van der Waals surface area contributed by atoms with Gasteiger partial charge in [-0.25, -0.2) is 19.9 Å². The third-order valence-corrected chi connectivity index (χ3v) is 7.07. The lowest BCUT2D eigenvalue weighted by molar-refractivity contribution is -0.193. The van der Waals surface area contributed by atoms with Gasteiger partial charge in [-0.15, -0.1) is 0 Å². The Morgan fingerprint density at radius 3 is 1.82 bits per heavy atom. The molecule has 56 heavy (non-hydrogen) atoms. The highest BCUT2D eigenvalue weighted by molar-refractivity contribution is 5.95. The number of alkyl halides is 9. The number of hydrogen-bond donors (Lipinski definition) is 7. The molecule has 3 aromatic rings. The molecule has 0 spiro atoms. The van der Waals surface area contributed by atoms with Crippen molar-refractivity contribution in [3.8, 4) is 5.75 Å². The molecule has 2 aromatic carbocycles. The second-order valence-electron chi connectivity index (χ2n) is 11.2. The van der Waals surface area contributed by atoms with Crippen LogP contribution >= 0.6 is 0 Å². The maximum absolute atomic E-state index is 12.9. The second kappa shape index (κ2) is 21.4. The molecule has 0 aliphatic carbocycles. The summed E-state index contributed by atoms with van der Waals surface area (Å²) >= 11 is 0. The van der Waals surface area contributed by atoms with E-state index in [2.05, 4.69) is 15.2 Å². The number of carboxylic acids is 3. The van der Waals surface area contributed by atoms with Crippen molar-refractivity contribution in [1.29, 1.82) is 0 Å². The predicted octanol–water partition coefficient (Wildman–Crippen LogP) is 3.91. The Bertz CT molecular complexity index is 1730. The fraction of sp³-hybridized carbons (Fsp3) is 0.375. The first-order chi connectivity index (χ1) is 25.8. The van der Waals surface area contributed by atoms with Crippen LogP contribution in [0.5, 0.6) is 5.75 Å². The van der Waals surface area contributed by atoms with Crippen molar-refractivity contribution >= 4 is 40.6 Å². The number of hydroxylamine groups is 1. The number of nitrogens with zero attached hydrogens (tertiary/aromatic N) is 2. The van der Waals surface area contributed by atoms with Gasteiger partial charge < -0.3 is 36.0 Å². The fourth-order valence-corrected chi connectivity index (χ4v) is 4.56. The summed E-state index contributed by atoms with van der Waals surface area (Å²) in [6, 6.07) is 16.5. The third kappa shape index (κ3) is 16.7. The van der Waals surface area contributed by atoms with Gasteiger partial charge in [0.25, 0.3) is 5.91 Å². The van der Waals surface area contributed by atoms with Crippen LogP contribution in [0.4, 0.5) is 39.5 Å². The lowest BCUT2D eigenvalue weighted by atomic mass is 9.91. The van der Waals surface area contributed by atoms with Crippen molar-refractivity contribution in [2.24, 2.45) is 11.7 Å². The predicted molar refractivity (Wildman–Crippen MR) is 173 cm³/mol. The summed E-state index contributed by atoms with van der Waals surface area (Å²) in [6.07, 6.45) is -14.7. The van der Waals surface area contributed by atoms with E-state index in [0.29, 0.717) is 50.5 Å². The smallest absolute Gasteiger partial charge is 0.489 e. The van der Waals surface area contributed by atoms with Crippen LogP contribution in [0.25, 0.3) is 10.9 Å². The third-order valence-electron chi connectivity index (χ3n) is 7.07. The van der Waals surface area contributed by atoms with E-state index in [1.165, 1.54) is 0 Å². The fourth-order valence-electron chi connectivity index (χ4n) is 4.56. The minimum atomic E-state index is -5.08. The number of rotatable bonds is 8. The van der Waals surface area contributed by atoms with E-state index in [1.807, 2.05) is 37.3 Å². The summed E-state index contributed by atoms with van der Waals surface area (Å²) in [5.41, 5.74) is 10.7. The molecule has 1 aliphatic heterocycles. The normalized spacial score (nSPS) is 15.6. The van der Waals surface area contributed by atoms with E-state index < -0.39 is 48.3 Å². The zero-order valence-corrected chi connectivity index (χ0v) is 28.7. The largest absolute Gasteiger partial charge is 0.490 e. The number of nitrogens with two attached hydrogens (primary N) is 1. The highest BCUT2D eigenvalue weighted by atomic mass is 19.4. The number of carbonyl (C=O) groups excluding carboxylic acids is 2. The molecule has 1 aromatic heterocycles. The lowest BCUT2D eigenvalue weighted by Gasteiger charge is -2.37. The maximum Gasteiger partial charge on any atom is 0.490 e. The Labute approximate surface area is 309 Å². The number of aromatic nitrogens is 1. The molecule has 1 fully saturated rings. The molecule has 2 atom stereocenters. The summed E-state index contributed by atoms with van der Waals surface area (Å²) in [6.45, 7) is 4.62. The molecule has 24 heteroatoms. The number of fused-ring (bicyclic) bond motifs is 1. The van der Waals surface area contributed by atoms with Crippen LogP contribution in [0.3, 0.4) is 0 Å².